The van der Waals surface area contributed by atoms with E-state index in [9.17, 15) is 14.4 Å². The van der Waals surface area contributed by atoms with Gasteiger partial charge in [0, 0.05) is 30.2 Å². The van der Waals surface area contributed by atoms with Crippen molar-refractivity contribution in [3.8, 4) is 0 Å². The second kappa shape index (κ2) is 11.5. The summed E-state index contributed by atoms with van der Waals surface area (Å²) in [5, 5.41) is 16.0. The highest BCUT2D eigenvalue weighted by molar-refractivity contribution is 7.18. The van der Waals surface area contributed by atoms with Gasteiger partial charge in [0.05, 0.1) is 28.4 Å². The predicted octanol–water partition coefficient (Wildman–Crippen LogP) is 2.52. The Morgan fingerprint density at radius 3 is 2.61 bits per heavy atom. The number of thiazole rings is 1. The maximum Gasteiger partial charge on any atom is 0.354 e. The first-order valence-corrected chi connectivity index (χ1v) is 12.6. The van der Waals surface area contributed by atoms with E-state index in [2.05, 4.69) is 20.6 Å². The molecule has 0 radical (unpaired) electrons. The van der Waals surface area contributed by atoms with Crippen LogP contribution in [0.4, 0.5) is 11.6 Å². The van der Waals surface area contributed by atoms with E-state index < -0.39 is 11.4 Å². The fourth-order valence-electron chi connectivity index (χ4n) is 3.56. The van der Waals surface area contributed by atoms with Crippen LogP contribution in [-0.2, 0) is 24.3 Å². The van der Waals surface area contributed by atoms with Gasteiger partial charge in [0.25, 0.3) is 0 Å². The number of aliphatic hydroxyl groups excluding tert-OH is 1. The number of hydrogen-bond donors (Lipinski definition) is 3. The molecule has 0 spiro atoms. The maximum atomic E-state index is 13.4. The van der Waals surface area contributed by atoms with Gasteiger partial charge in [-0.15, -0.1) is 11.3 Å². The maximum absolute atomic E-state index is 13.4. The lowest BCUT2D eigenvalue weighted by Crippen LogP contribution is -2.43. The smallest absolute Gasteiger partial charge is 0.354 e. The number of benzene rings is 2. The van der Waals surface area contributed by atoms with E-state index in [1.807, 2.05) is 25.1 Å². The normalized spacial score (nSPS) is 11.1. The number of anilines is 2. The van der Waals surface area contributed by atoms with E-state index in [0.29, 0.717) is 10.7 Å². The first-order valence-electron chi connectivity index (χ1n) is 11.4. The summed E-state index contributed by atoms with van der Waals surface area (Å²) in [7, 11) is 0. The van der Waals surface area contributed by atoms with Crippen LogP contribution in [0.15, 0.2) is 52.1 Å². The number of amides is 1. The van der Waals surface area contributed by atoms with Gasteiger partial charge in [0.2, 0.25) is 11.9 Å². The van der Waals surface area contributed by atoms with E-state index >= 15 is 0 Å². The average Bonchev–Trinajstić information content (AvgIpc) is 3.28. The highest BCUT2D eigenvalue weighted by atomic mass is 35.5. The molecule has 0 saturated carbocycles. The third-order valence-corrected chi connectivity index (χ3v) is 6.81. The fraction of sp³-hybridized carbons (Fsp3) is 0.292. The SMILES string of the molecule is CCc1nc2ccc(Nc3nc(=O)n(CCC(=O)NCCO)c(=O)n3Cc3ccc(Cl)cc3)cc2s1. The number of aromatic nitrogens is 4. The van der Waals surface area contributed by atoms with Gasteiger partial charge >= 0.3 is 11.4 Å². The standard InChI is InChI=1S/C24H25ClN6O4S/c1-2-21-28-18-8-7-17(13-19(18)36-21)27-22-29-23(34)30(11-9-20(33)26-10-12-32)24(35)31(22)14-15-3-5-16(25)6-4-15/h3-8,13,32H,2,9-12,14H2,1H3,(H,26,33)(H,27,29,34). The molecule has 0 unspecified atom stereocenters. The molecule has 2 aromatic carbocycles. The summed E-state index contributed by atoms with van der Waals surface area (Å²) in [6, 6.07) is 12.6. The largest absolute Gasteiger partial charge is 0.395 e. The van der Waals surface area contributed by atoms with Gasteiger partial charge in [-0.2, -0.15) is 4.98 Å². The van der Waals surface area contributed by atoms with Gasteiger partial charge in [-0.05, 0) is 42.3 Å². The number of carbonyl (C=O) groups excluding carboxylic acids is 1. The molecule has 36 heavy (non-hydrogen) atoms. The Bertz CT molecular complexity index is 1500. The Morgan fingerprint density at radius 2 is 1.89 bits per heavy atom. The summed E-state index contributed by atoms with van der Waals surface area (Å²) < 4.78 is 3.26. The molecule has 0 aliphatic heterocycles. The van der Waals surface area contributed by atoms with Crippen LogP contribution >= 0.6 is 22.9 Å². The van der Waals surface area contributed by atoms with Gasteiger partial charge in [-0.25, -0.2) is 19.1 Å². The number of hydrogen-bond acceptors (Lipinski definition) is 8. The van der Waals surface area contributed by atoms with E-state index in [1.54, 1.807) is 35.6 Å². The van der Waals surface area contributed by atoms with Crippen molar-refractivity contribution in [1.29, 1.82) is 0 Å². The van der Waals surface area contributed by atoms with Crippen molar-refractivity contribution in [1.82, 2.24) is 24.4 Å². The highest BCUT2D eigenvalue weighted by Crippen LogP contribution is 2.26. The van der Waals surface area contributed by atoms with Gasteiger partial charge in [-0.1, -0.05) is 30.7 Å². The molecular weight excluding hydrogens is 504 g/mol. The predicted molar refractivity (Wildman–Crippen MR) is 140 cm³/mol. The first-order chi connectivity index (χ1) is 17.4. The van der Waals surface area contributed by atoms with Gasteiger partial charge in [-0.3, -0.25) is 9.36 Å². The number of fused-ring (bicyclic) bond motifs is 1. The molecule has 0 bridgehead atoms. The van der Waals surface area contributed by atoms with Gasteiger partial charge in [0.15, 0.2) is 0 Å². The van der Waals surface area contributed by atoms with Gasteiger partial charge < -0.3 is 15.7 Å². The first kappa shape index (κ1) is 25.5. The van der Waals surface area contributed by atoms with Crippen LogP contribution in [0.3, 0.4) is 0 Å². The monoisotopic (exact) mass is 528 g/mol. The Labute approximate surface area is 215 Å². The Hall–Kier alpha value is -3.54. The lowest BCUT2D eigenvalue weighted by Gasteiger charge is -2.16. The number of aryl methyl sites for hydroxylation is 1. The quantitative estimate of drug-likeness (QED) is 0.288. The second-order valence-corrected chi connectivity index (χ2v) is 9.51. The van der Waals surface area contributed by atoms with Crippen molar-refractivity contribution in [2.45, 2.75) is 32.9 Å². The molecule has 4 rings (SSSR count). The molecule has 3 N–H and O–H groups in total. The van der Waals surface area contributed by atoms with E-state index in [1.165, 1.54) is 4.57 Å². The van der Waals surface area contributed by atoms with Crippen LogP contribution in [-0.4, -0.2) is 43.3 Å². The highest BCUT2D eigenvalue weighted by Gasteiger charge is 2.16. The number of rotatable bonds is 10. The van der Waals surface area contributed by atoms with Crippen LogP contribution in [0.2, 0.25) is 5.02 Å². The molecule has 0 saturated heterocycles. The zero-order valence-electron chi connectivity index (χ0n) is 19.5. The molecule has 2 aromatic heterocycles. The zero-order valence-corrected chi connectivity index (χ0v) is 21.1. The summed E-state index contributed by atoms with van der Waals surface area (Å²) in [4.78, 5) is 46.8. The summed E-state index contributed by atoms with van der Waals surface area (Å²) >= 11 is 7.58. The lowest BCUT2D eigenvalue weighted by atomic mass is 10.2. The molecule has 0 atom stereocenters. The van der Waals surface area contributed by atoms with Crippen molar-refractivity contribution in [2.24, 2.45) is 0 Å². The number of aliphatic hydroxyl groups is 1. The van der Waals surface area contributed by atoms with E-state index in [0.717, 1.165) is 31.8 Å². The van der Waals surface area contributed by atoms with E-state index in [-0.39, 0.29) is 44.5 Å². The molecule has 4 aromatic rings. The summed E-state index contributed by atoms with van der Waals surface area (Å²) in [5.74, 6) is -0.299. The minimum atomic E-state index is -0.767. The number of nitrogens with zero attached hydrogens (tertiary/aromatic N) is 4. The molecule has 2 heterocycles. The third kappa shape index (κ3) is 5.99. The van der Waals surface area contributed by atoms with Crippen molar-refractivity contribution in [2.75, 3.05) is 18.5 Å². The van der Waals surface area contributed by atoms with Crippen molar-refractivity contribution in [3.05, 3.63) is 79.0 Å². The van der Waals surface area contributed by atoms with Crippen LogP contribution in [0.5, 0.6) is 0 Å². The Balaban J connectivity index is 1.70. The molecule has 12 heteroatoms. The summed E-state index contributed by atoms with van der Waals surface area (Å²) in [6.07, 6.45) is 0.729. The molecule has 1 amide bonds. The Morgan fingerprint density at radius 1 is 1.11 bits per heavy atom. The van der Waals surface area contributed by atoms with Crippen molar-refractivity contribution in [3.63, 3.8) is 0 Å². The topological polar surface area (TPSA) is 131 Å². The van der Waals surface area contributed by atoms with Crippen molar-refractivity contribution < 1.29 is 9.90 Å². The molecule has 0 aliphatic rings. The minimum Gasteiger partial charge on any atom is -0.395 e. The second-order valence-electron chi connectivity index (χ2n) is 7.96. The molecule has 10 nitrogen and oxygen atoms in total. The number of carbonyl (C=O) groups is 1. The van der Waals surface area contributed by atoms with Crippen LogP contribution in [0, 0.1) is 0 Å². The van der Waals surface area contributed by atoms with E-state index in [4.69, 9.17) is 16.7 Å². The van der Waals surface area contributed by atoms with Crippen LogP contribution in [0.25, 0.3) is 10.2 Å². The fourth-order valence-corrected chi connectivity index (χ4v) is 4.63. The van der Waals surface area contributed by atoms with Crippen LogP contribution in [0.1, 0.15) is 23.9 Å². The van der Waals surface area contributed by atoms with Crippen molar-refractivity contribution >= 4 is 50.7 Å². The molecule has 0 aliphatic carbocycles. The molecule has 0 fully saturated rings. The number of halogens is 1. The Kier molecular flexibility index (Phi) is 8.14. The average molecular weight is 529 g/mol. The lowest BCUT2D eigenvalue weighted by molar-refractivity contribution is -0.121. The summed E-state index contributed by atoms with van der Waals surface area (Å²) in [6.45, 7) is 1.93. The molecule has 188 valence electrons. The summed E-state index contributed by atoms with van der Waals surface area (Å²) in [5.41, 5.74) is 0.948. The van der Waals surface area contributed by atoms with Gasteiger partial charge in [0.1, 0.15) is 0 Å². The molecular formula is C24H25ClN6O4S. The zero-order chi connectivity index (χ0) is 25.7. The third-order valence-electron chi connectivity index (χ3n) is 5.39. The minimum absolute atomic E-state index is 0.0838. The number of nitrogens with one attached hydrogen (secondary N) is 2. The van der Waals surface area contributed by atoms with Crippen LogP contribution < -0.4 is 22.0 Å².